The molecule has 1 saturated carbocycles. The molecule has 0 aromatic carbocycles. The third kappa shape index (κ3) is 3.85. The third-order valence-corrected chi connectivity index (χ3v) is 4.35. The van der Waals surface area contributed by atoms with Gasteiger partial charge in [0.1, 0.15) is 11.5 Å². The molecule has 0 amide bonds. The molecule has 2 rings (SSSR count). The van der Waals surface area contributed by atoms with Gasteiger partial charge in [-0.25, -0.2) is 9.97 Å². The second kappa shape index (κ2) is 7.26. The van der Waals surface area contributed by atoms with Crippen LogP contribution in [0.1, 0.15) is 70.3 Å². The van der Waals surface area contributed by atoms with Gasteiger partial charge in [0, 0.05) is 5.92 Å². The van der Waals surface area contributed by atoms with Crippen molar-refractivity contribution in [3.05, 3.63) is 17.7 Å². The Morgan fingerprint density at radius 2 is 2.20 bits per heavy atom. The first kappa shape index (κ1) is 15.6. The fourth-order valence-electron chi connectivity index (χ4n) is 2.79. The van der Waals surface area contributed by atoms with Crippen LogP contribution in [0, 0.1) is 5.92 Å². The number of nitrogens with zero attached hydrogens (tertiary/aromatic N) is 2. The lowest BCUT2D eigenvalue weighted by Gasteiger charge is -2.29. The van der Waals surface area contributed by atoms with Crippen LogP contribution >= 0.6 is 11.6 Å². The molecule has 1 aliphatic carbocycles. The molecule has 0 aliphatic heterocycles. The van der Waals surface area contributed by atoms with Gasteiger partial charge in [-0.05, 0) is 25.2 Å². The van der Waals surface area contributed by atoms with Crippen LogP contribution in [0.25, 0.3) is 0 Å². The number of rotatable bonds is 5. The van der Waals surface area contributed by atoms with Crippen molar-refractivity contribution in [1.82, 2.24) is 9.97 Å². The molecule has 1 aromatic heterocycles. The summed E-state index contributed by atoms with van der Waals surface area (Å²) in [5.74, 6) is 3.09. The largest absolute Gasteiger partial charge is 0.487 e. The van der Waals surface area contributed by atoms with E-state index in [0.29, 0.717) is 17.9 Å². The van der Waals surface area contributed by atoms with E-state index >= 15 is 0 Å². The first-order chi connectivity index (χ1) is 9.63. The third-order valence-electron chi connectivity index (χ3n) is 4.10. The summed E-state index contributed by atoms with van der Waals surface area (Å²) in [7, 11) is 0. The van der Waals surface area contributed by atoms with Gasteiger partial charge < -0.3 is 4.74 Å². The standard InChI is InChI=1S/C16H25ClN2O/c1-4-12-6-5-7-13(8-12)20-15-10-18-16(11(2)3)19-14(15)9-17/h10-13H,4-9H2,1-3H3. The second-order valence-electron chi connectivity index (χ2n) is 6.01. The minimum absolute atomic E-state index is 0.296. The van der Waals surface area contributed by atoms with E-state index in [2.05, 4.69) is 30.7 Å². The summed E-state index contributed by atoms with van der Waals surface area (Å²) in [6, 6.07) is 0. The summed E-state index contributed by atoms with van der Waals surface area (Å²) in [6.07, 6.45) is 8.20. The quantitative estimate of drug-likeness (QED) is 0.740. The first-order valence-electron chi connectivity index (χ1n) is 7.72. The summed E-state index contributed by atoms with van der Waals surface area (Å²) >= 11 is 6.01. The van der Waals surface area contributed by atoms with Crippen molar-refractivity contribution in [2.24, 2.45) is 5.92 Å². The van der Waals surface area contributed by atoms with Crippen molar-refractivity contribution in [3.8, 4) is 5.75 Å². The van der Waals surface area contributed by atoms with E-state index in [0.717, 1.165) is 36.0 Å². The first-order valence-corrected chi connectivity index (χ1v) is 8.25. The van der Waals surface area contributed by atoms with E-state index in [1.54, 1.807) is 6.20 Å². The van der Waals surface area contributed by atoms with E-state index in [9.17, 15) is 0 Å². The summed E-state index contributed by atoms with van der Waals surface area (Å²) in [4.78, 5) is 8.92. The smallest absolute Gasteiger partial charge is 0.160 e. The lowest BCUT2D eigenvalue weighted by Crippen LogP contribution is -2.25. The van der Waals surface area contributed by atoms with Gasteiger partial charge in [0.05, 0.1) is 18.2 Å². The SMILES string of the molecule is CCC1CCCC(Oc2cnc(C(C)C)nc2CCl)C1. The maximum absolute atomic E-state index is 6.13. The zero-order valence-electron chi connectivity index (χ0n) is 12.7. The second-order valence-corrected chi connectivity index (χ2v) is 6.28. The number of halogens is 1. The molecule has 0 bridgehead atoms. The predicted molar refractivity (Wildman–Crippen MR) is 82.3 cm³/mol. The van der Waals surface area contributed by atoms with Gasteiger partial charge in [-0.1, -0.05) is 33.6 Å². The molecule has 112 valence electrons. The summed E-state index contributed by atoms with van der Waals surface area (Å²) < 4.78 is 6.13. The molecular formula is C16H25ClN2O. The van der Waals surface area contributed by atoms with Crippen molar-refractivity contribution < 1.29 is 4.74 Å². The van der Waals surface area contributed by atoms with Gasteiger partial charge in [0.2, 0.25) is 0 Å². The van der Waals surface area contributed by atoms with Crippen LogP contribution in [0.5, 0.6) is 5.75 Å². The minimum atomic E-state index is 0.296. The molecule has 2 unspecified atom stereocenters. The monoisotopic (exact) mass is 296 g/mol. The Hall–Kier alpha value is -0.830. The summed E-state index contributed by atoms with van der Waals surface area (Å²) in [5, 5.41) is 0. The fourth-order valence-corrected chi connectivity index (χ4v) is 2.98. The van der Waals surface area contributed by atoms with Crippen LogP contribution in [0.2, 0.25) is 0 Å². The lowest BCUT2D eigenvalue weighted by atomic mass is 9.85. The zero-order chi connectivity index (χ0) is 14.5. The normalized spacial score (nSPS) is 23.1. The highest BCUT2D eigenvalue weighted by molar-refractivity contribution is 6.17. The summed E-state index contributed by atoms with van der Waals surface area (Å²) in [6.45, 7) is 6.43. The maximum atomic E-state index is 6.13. The number of hydrogen-bond acceptors (Lipinski definition) is 3. The van der Waals surface area contributed by atoms with E-state index in [1.165, 1.54) is 19.3 Å². The molecule has 2 atom stereocenters. The fraction of sp³-hybridized carbons (Fsp3) is 0.750. The molecule has 0 N–H and O–H groups in total. The molecule has 0 saturated heterocycles. The van der Waals surface area contributed by atoms with Crippen molar-refractivity contribution >= 4 is 11.6 Å². The van der Waals surface area contributed by atoms with Crippen LogP contribution in [0.3, 0.4) is 0 Å². The summed E-state index contributed by atoms with van der Waals surface area (Å²) in [5.41, 5.74) is 0.823. The van der Waals surface area contributed by atoms with Crippen LogP contribution in [-0.2, 0) is 5.88 Å². The highest BCUT2D eigenvalue weighted by Gasteiger charge is 2.23. The topological polar surface area (TPSA) is 35.0 Å². The van der Waals surface area contributed by atoms with Crippen LogP contribution in [0.4, 0.5) is 0 Å². The molecule has 1 aromatic rings. The number of aromatic nitrogens is 2. The Bertz CT molecular complexity index is 436. The molecule has 1 fully saturated rings. The molecular weight excluding hydrogens is 272 g/mol. The highest BCUT2D eigenvalue weighted by Crippen LogP contribution is 2.30. The molecule has 0 radical (unpaired) electrons. The van der Waals surface area contributed by atoms with Gasteiger partial charge in [0.25, 0.3) is 0 Å². The molecule has 20 heavy (non-hydrogen) atoms. The van der Waals surface area contributed by atoms with E-state index in [4.69, 9.17) is 16.3 Å². The average Bonchev–Trinajstić information content (AvgIpc) is 2.47. The predicted octanol–water partition coefficient (Wildman–Crippen LogP) is 4.69. The van der Waals surface area contributed by atoms with Crippen molar-refractivity contribution in [3.63, 3.8) is 0 Å². The van der Waals surface area contributed by atoms with Gasteiger partial charge in [-0.3, -0.25) is 0 Å². The van der Waals surface area contributed by atoms with Crippen molar-refractivity contribution in [2.75, 3.05) is 0 Å². The van der Waals surface area contributed by atoms with Gasteiger partial charge in [-0.15, -0.1) is 11.6 Å². The van der Waals surface area contributed by atoms with Crippen LogP contribution in [-0.4, -0.2) is 16.1 Å². The Morgan fingerprint density at radius 3 is 2.85 bits per heavy atom. The Kier molecular flexibility index (Phi) is 5.64. The van der Waals surface area contributed by atoms with Crippen LogP contribution < -0.4 is 4.74 Å². The Morgan fingerprint density at radius 1 is 1.40 bits per heavy atom. The molecule has 1 heterocycles. The van der Waals surface area contributed by atoms with E-state index < -0.39 is 0 Å². The van der Waals surface area contributed by atoms with Crippen molar-refractivity contribution in [2.45, 2.75) is 70.8 Å². The maximum Gasteiger partial charge on any atom is 0.160 e. The van der Waals surface area contributed by atoms with E-state index in [1.807, 2.05) is 0 Å². The minimum Gasteiger partial charge on any atom is -0.487 e. The Balaban J connectivity index is 2.08. The van der Waals surface area contributed by atoms with Crippen molar-refractivity contribution in [1.29, 1.82) is 0 Å². The molecule has 4 heteroatoms. The van der Waals surface area contributed by atoms with Crippen LogP contribution in [0.15, 0.2) is 6.20 Å². The van der Waals surface area contributed by atoms with E-state index in [-0.39, 0.29) is 0 Å². The number of ether oxygens (including phenoxy) is 1. The number of alkyl halides is 1. The number of hydrogen-bond donors (Lipinski definition) is 0. The molecule has 3 nitrogen and oxygen atoms in total. The van der Waals surface area contributed by atoms with Gasteiger partial charge in [-0.2, -0.15) is 0 Å². The zero-order valence-corrected chi connectivity index (χ0v) is 13.5. The van der Waals surface area contributed by atoms with Gasteiger partial charge in [0.15, 0.2) is 5.75 Å². The average molecular weight is 297 g/mol. The Labute approximate surface area is 127 Å². The van der Waals surface area contributed by atoms with Gasteiger partial charge >= 0.3 is 0 Å². The molecule has 1 aliphatic rings. The lowest BCUT2D eigenvalue weighted by molar-refractivity contribution is 0.120. The molecule has 0 spiro atoms. The highest BCUT2D eigenvalue weighted by atomic mass is 35.5.